The quantitative estimate of drug-likeness (QED) is 0.394. The van der Waals surface area contributed by atoms with Crippen LogP contribution in [0.15, 0.2) is 53.0 Å². The van der Waals surface area contributed by atoms with Gasteiger partial charge in [-0.05, 0) is 43.2 Å². The zero-order valence-corrected chi connectivity index (χ0v) is 20.3. The number of hydrogen-bond donors (Lipinski definition) is 2. The fourth-order valence-corrected chi connectivity index (χ4v) is 4.03. The number of urea groups is 1. The lowest BCUT2D eigenvalue weighted by Crippen LogP contribution is -2.36. The summed E-state index contributed by atoms with van der Waals surface area (Å²) in [7, 11) is 1.60. The Morgan fingerprint density at radius 1 is 1.18 bits per heavy atom. The van der Waals surface area contributed by atoms with Crippen LogP contribution in [-0.4, -0.2) is 35.8 Å². The van der Waals surface area contributed by atoms with E-state index in [1.54, 1.807) is 13.3 Å². The summed E-state index contributed by atoms with van der Waals surface area (Å²) in [5, 5.41) is 8.33. The summed E-state index contributed by atoms with van der Waals surface area (Å²) in [5.41, 5.74) is 2.07. The van der Waals surface area contributed by atoms with Crippen molar-refractivity contribution in [1.82, 2.24) is 20.2 Å². The smallest absolute Gasteiger partial charge is 0.314 e. The Morgan fingerprint density at radius 3 is 2.70 bits per heavy atom. The fourth-order valence-electron chi connectivity index (χ4n) is 2.98. The number of amides is 2. The van der Waals surface area contributed by atoms with Crippen molar-refractivity contribution in [2.45, 2.75) is 33.1 Å². The van der Waals surface area contributed by atoms with Gasteiger partial charge in [-0.15, -0.1) is 11.3 Å². The van der Waals surface area contributed by atoms with E-state index in [1.807, 2.05) is 48.7 Å². The lowest BCUT2D eigenvalue weighted by Gasteiger charge is -2.11. The van der Waals surface area contributed by atoms with Gasteiger partial charge in [0.1, 0.15) is 5.75 Å². The minimum absolute atomic E-state index is 0.160. The molecule has 0 fully saturated rings. The molecule has 8 nitrogen and oxygen atoms in total. The van der Waals surface area contributed by atoms with E-state index in [0.29, 0.717) is 49.4 Å². The van der Waals surface area contributed by atoms with Crippen LogP contribution in [0.5, 0.6) is 5.75 Å². The van der Waals surface area contributed by atoms with Crippen LogP contribution in [0.25, 0.3) is 0 Å². The minimum Gasteiger partial charge on any atom is -0.495 e. The number of aromatic nitrogens is 2. The number of thiazole rings is 1. The van der Waals surface area contributed by atoms with Crippen LogP contribution in [0.1, 0.15) is 24.6 Å². The van der Waals surface area contributed by atoms with Gasteiger partial charge < -0.3 is 24.7 Å². The second kappa shape index (κ2) is 13.0. The summed E-state index contributed by atoms with van der Waals surface area (Å²) in [6.07, 6.45) is 2.39. The molecular weight excluding hydrogens is 462 g/mol. The molecule has 176 valence electrons. The summed E-state index contributed by atoms with van der Waals surface area (Å²) in [6.45, 7) is 4.65. The van der Waals surface area contributed by atoms with Crippen LogP contribution in [-0.2, 0) is 24.5 Å². The molecule has 0 spiro atoms. The second-order valence-corrected chi connectivity index (χ2v) is 8.36. The monoisotopic (exact) mass is 489 g/mol. The molecule has 0 aliphatic rings. The zero-order chi connectivity index (χ0) is 23.5. The molecular formula is C23H28ClN5O3S. The number of hydrogen-bond acceptors (Lipinski definition) is 6. The molecule has 0 aliphatic heterocycles. The average Bonchev–Trinajstić information content (AvgIpc) is 3.20. The van der Waals surface area contributed by atoms with E-state index in [-0.39, 0.29) is 6.03 Å². The first-order valence-corrected chi connectivity index (χ1v) is 11.9. The SMILES string of the molecule is CCNC(=O)NCCCn1c(COCc2ccc(Cl)cc2)csc1=Nc1ccc(OC)cn1. The van der Waals surface area contributed by atoms with E-state index >= 15 is 0 Å². The number of carbonyl (C=O) groups is 1. The van der Waals surface area contributed by atoms with Gasteiger partial charge in [-0.2, -0.15) is 0 Å². The lowest BCUT2D eigenvalue weighted by atomic mass is 10.2. The largest absolute Gasteiger partial charge is 0.495 e. The van der Waals surface area contributed by atoms with Gasteiger partial charge in [-0.25, -0.2) is 14.8 Å². The van der Waals surface area contributed by atoms with Crippen molar-refractivity contribution in [1.29, 1.82) is 0 Å². The molecule has 2 heterocycles. The van der Waals surface area contributed by atoms with Crippen molar-refractivity contribution < 1.29 is 14.3 Å². The van der Waals surface area contributed by atoms with E-state index < -0.39 is 0 Å². The zero-order valence-electron chi connectivity index (χ0n) is 18.7. The maximum absolute atomic E-state index is 11.6. The van der Waals surface area contributed by atoms with Gasteiger partial charge in [0.2, 0.25) is 0 Å². The third-order valence-corrected chi connectivity index (χ3v) is 5.82. The Bertz CT molecular complexity index is 1080. The number of nitrogens with zero attached hydrogens (tertiary/aromatic N) is 3. The van der Waals surface area contributed by atoms with E-state index in [1.165, 1.54) is 11.3 Å². The Morgan fingerprint density at radius 2 is 2.00 bits per heavy atom. The third kappa shape index (κ3) is 7.88. The van der Waals surface area contributed by atoms with Crippen molar-refractivity contribution in [3.05, 3.63) is 69.1 Å². The molecule has 10 heteroatoms. The van der Waals surface area contributed by atoms with Crippen molar-refractivity contribution in [3.8, 4) is 5.75 Å². The summed E-state index contributed by atoms with van der Waals surface area (Å²) in [4.78, 5) is 21.5. The number of rotatable bonds is 11. The van der Waals surface area contributed by atoms with Gasteiger partial charge in [0.25, 0.3) is 0 Å². The van der Waals surface area contributed by atoms with Crippen LogP contribution in [0.3, 0.4) is 0 Å². The molecule has 0 atom stereocenters. The predicted octanol–water partition coefficient (Wildman–Crippen LogP) is 4.27. The average molecular weight is 490 g/mol. The Labute approximate surface area is 202 Å². The molecule has 2 N–H and O–H groups in total. The van der Waals surface area contributed by atoms with Gasteiger partial charge in [0.15, 0.2) is 10.6 Å². The van der Waals surface area contributed by atoms with E-state index in [2.05, 4.69) is 20.2 Å². The maximum Gasteiger partial charge on any atom is 0.314 e. The standard InChI is InChI=1S/C23H28ClN5O3S/c1-3-25-22(30)26-11-4-12-29-19(15-32-14-17-5-7-18(24)8-6-17)16-33-23(29)28-21-10-9-20(31-2)13-27-21/h5-10,13,16H,3-4,11-12,14-15H2,1-2H3,(H2,25,26,30). The molecule has 0 saturated heterocycles. The number of halogens is 1. The first-order chi connectivity index (χ1) is 16.1. The summed E-state index contributed by atoms with van der Waals surface area (Å²) in [5.74, 6) is 1.28. The Hall–Kier alpha value is -2.88. The second-order valence-electron chi connectivity index (χ2n) is 7.09. The first-order valence-electron chi connectivity index (χ1n) is 10.6. The number of pyridine rings is 1. The molecule has 1 aromatic carbocycles. The molecule has 2 amide bonds. The number of benzene rings is 1. The van der Waals surface area contributed by atoms with Gasteiger partial charge in [-0.1, -0.05) is 23.7 Å². The molecule has 33 heavy (non-hydrogen) atoms. The molecule has 3 rings (SSSR count). The van der Waals surface area contributed by atoms with E-state index in [0.717, 1.165) is 22.5 Å². The van der Waals surface area contributed by atoms with Gasteiger partial charge in [-0.3, -0.25) is 0 Å². The normalized spacial score (nSPS) is 11.4. The van der Waals surface area contributed by atoms with E-state index in [9.17, 15) is 4.79 Å². The summed E-state index contributed by atoms with van der Waals surface area (Å²) in [6, 6.07) is 11.1. The van der Waals surface area contributed by atoms with Gasteiger partial charge in [0.05, 0.1) is 32.2 Å². The Kier molecular flexibility index (Phi) is 9.74. The highest BCUT2D eigenvalue weighted by atomic mass is 35.5. The lowest BCUT2D eigenvalue weighted by molar-refractivity contribution is 0.102. The third-order valence-electron chi connectivity index (χ3n) is 4.66. The molecule has 2 aromatic heterocycles. The first kappa shape index (κ1) is 24.8. The van der Waals surface area contributed by atoms with Crippen LogP contribution in [0.2, 0.25) is 5.02 Å². The minimum atomic E-state index is -0.160. The highest BCUT2D eigenvalue weighted by molar-refractivity contribution is 7.07. The molecule has 0 aliphatic carbocycles. The highest BCUT2D eigenvalue weighted by Gasteiger charge is 2.08. The molecule has 0 bridgehead atoms. The fraction of sp³-hybridized carbons (Fsp3) is 0.348. The predicted molar refractivity (Wildman–Crippen MR) is 130 cm³/mol. The van der Waals surface area contributed by atoms with Crippen LogP contribution in [0, 0.1) is 0 Å². The molecule has 0 saturated carbocycles. The summed E-state index contributed by atoms with van der Waals surface area (Å²) < 4.78 is 13.2. The van der Waals surface area contributed by atoms with Crippen molar-refractivity contribution in [2.24, 2.45) is 4.99 Å². The number of ether oxygens (including phenoxy) is 2. The number of methoxy groups -OCH3 is 1. The maximum atomic E-state index is 11.6. The van der Waals surface area contributed by atoms with Crippen molar-refractivity contribution in [3.63, 3.8) is 0 Å². The summed E-state index contributed by atoms with van der Waals surface area (Å²) >= 11 is 7.48. The molecule has 0 unspecified atom stereocenters. The van der Waals surface area contributed by atoms with Gasteiger partial charge in [0, 0.05) is 30.0 Å². The highest BCUT2D eigenvalue weighted by Crippen LogP contribution is 2.15. The van der Waals surface area contributed by atoms with Crippen LogP contribution >= 0.6 is 22.9 Å². The number of nitrogens with one attached hydrogen (secondary N) is 2. The van der Waals surface area contributed by atoms with Crippen LogP contribution < -0.4 is 20.2 Å². The van der Waals surface area contributed by atoms with E-state index in [4.69, 9.17) is 26.1 Å². The van der Waals surface area contributed by atoms with Crippen molar-refractivity contribution in [2.75, 3.05) is 20.2 Å². The molecule has 0 radical (unpaired) electrons. The topological polar surface area (TPSA) is 89.8 Å². The van der Waals surface area contributed by atoms with Crippen molar-refractivity contribution >= 4 is 34.8 Å². The van der Waals surface area contributed by atoms with Crippen LogP contribution in [0.4, 0.5) is 10.6 Å². The van der Waals surface area contributed by atoms with Gasteiger partial charge >= 0.3 is 6.03 Å². The molecule has 3 aromatic rings. The number of carbonyl (C=O) groups excluding carboxylic acids is 1. The Balaban J connectivity index is 1.71.